The minimum absolute atomic E-state index is 0.0488. The maximum absolute atomic E-state index is 13.2. The molecule has 1 rings (SSSR count). The fraction of sp³-hybridized carbons (Fsp3) is 0.588. The zero-order valence-corrected chi connectivity index (χ0v) is 15.0. The third-order valence-electron chi connectivity index (χ3n) is 3.72. The molecule has 9 heteroatoms. The normalized spacial score (nSPS) is 16.5. The number of alkyl halides is 3. The number of amidine groups is 1. The van der Waals surface area contributed by atoms with E-state index in [-0.39, 0.29) is 25.0 Å². The quantitative estimate of drug-likeness (QED) is 0.371. The number of nitrogens with one attached hydrogen (secondary N) is 2. The van der Waals surface area contributed by atoms with Crippen LogP contribution in [0.25, 0.3) is 0 Å². The van der Waals surface area contributed by atoms with E-state index in [0.29, 0.717) is 37.8 Å². The van der Waals surface area contributed by atoms with E-state index >= 15 is 0 Å². The van der Waals surface area contributed by atoms with E-state index in [1.807, 2.05) is 0 Å². The highest BCUT2D eigenvalue weighted by atomic mass is 19.4. The SMILES string of the molecule is C=N/C=C(\C(=N/CNC(=C)C)NCCCN1CCCCC1=O)C(F)(F)F. The monoisotopic (exact) mass is 373 g/mol. The van der Waals surface area contributed by atoms with Gasteiger partial charge in [0.15, 0.2) is 0 Å². The Balaban J connectivity index is 2.69. The van der Waals surface area contributed by atoms with Crippen LogP contribution in [0.5, 0.6) is 0 Å². The second-order valence-electron chi connectivity index (χ2n) is 5.96. The van der Waals surface area contributed by atoms with Crippen molar-refractivity contribution in [2.45, 2.75) is 38.8 Å². The van der Waals surface area contributed by atoms with Crippen molar-refractivity contribution >= 4 is 18.5 Å². The van der Waals surface area contributed by atoms with Crippen LogP contribution in [0.3, 0.4) is 0 Å². The summed E-state index contributed by atoms with van der Waals surface area (Å²) in [7, 11) is 0. The maximum atomic E-state index is 13.2. The molecule has 0 aromatic carbocycles. The van der Waals surface area contributed by atoms with Gasteiger partial charge in [-0.2, -0.15) is 13.2 Å². The lowest BCUT2D eigenvalue weighted by atomic mass is 10.1. The third-order valence-corrected chi connectivity index (χ3v) is 3.72. The Morgan fingerprint density at radius 1 is 1.35 bits per heavy atom. The van der Waals surface area contributed by atoms with Crippen molar-refractivity contribution in [3.8, 4) is 0 Å². The first-order valence-corrected chi connectivity index (χ1v) is 8.44. The van der Waals surface area contributed by atoms with E-state index in [1.165, 1.54) is 0 Å². The van der Waals surface area contributed by atoms with Gasteiger partial charge in [-0.15, -0.1) is 0 Å². The van der Waals surface area contributed by atoms with E-state index in [9.17, 15) is 18.0 Å². The molecule has 1 fully saturated rings. The highest BCUT2D eigenvalue weighted by Crippen LogP contribution is 2.26. The fourth-order valence-electron chi connectivity index (χ4n) is 2.42. The summed E-state index contributed by atoms with van der Waals surface area (Å²) in [6, 6.07) is 0. The van der Waals surface area contributed by atoms with Crippen molar-refractivity contribution in [2.75, 3.05) is 26.3 Å². The zero-order chi connectivity index (χ0) is 19.6. The number of rotatable bonds is 9. The molecule has 0 aliphatic carbocycles. The van der Waals surface area contributed by atoms with Crippen LogP contribution in [0, 0.1) is 0 Å². The van der Waals surface area contributed by atoms with Crippen LogP contribution in [0.15, 0.2) is 34.0 Å². The first-order chi connectivity index (χ1) is 12.3. The predicted molar refractivity (Wildman–Crippen MR) is 97.0 cm³/mol. The Morgan fingerprint density at radius 2 is 2.08 bits per heavy atom. The van der Waals surface area contributed by atoms with E-state index in [2.05, 4.69) is 33.9 Å². The zero-order valence-electron chi connectivity index (χ0n) is 15.0. The Kier molecular flexibility index (Phi) is 8.87. The lowest BCUT2D eigenvalue weighted by molar-refractivity contribution is -0.133. The summed E-state index contributed by atoms with van der Waals surface area (Å²) in [5.41, 5.74) is -0.402. The van der Waals surface area contributed by atoms with Gasteiger partial charge in [-0.3, -0.25) is 9.79 Å². The summed E-state index contributed by atoms with van der Waals surface area (Å²) in [6.45, 7) is 9.80. The van der Waals surface area contributed by atoms with Gasteiger partial charge in [-0.1, -0.05) is 6.58 Å². The number of halogens is 3. The minimum Gasteiger partial charge on any atom is -0.370 e. The molecule has 2 N–H and O–H groups in total. The third kappa shape index (κ3) is 7.71. The van der Waals surface area contributed by atoms with Gasteiger partial charge >= 0.3 is 6.18 Å². The molecule has 0 radical (unpaired) electrons. The summed E-state index contributed by atoms with van der Waals surface area (Å²) in [6.07, 6.45) is -1.05. The van der Waals surface area contributed by atoms with Crippen LogP contribution < -0.4 is 10.6 Å². The standard InChI is InChI=1S/C17H26F3N5O/c1-13(2)23-12-24-16(14(11-21-3)17(18,19)20)22-8-6-10-25-9-5-4-7-15(25)26/h11,23H,1,3-10,12H2,2H3,(H,22,24)/b14-11+. The number of nitrogens with zero attached hydrogens (tertiary/aromatic N) is 3. The van der Waals surface area contributed by atoms with Gasteiger partial charge in [0.2, 0.25) is 5.91 Å². The molecule has 1 amide bonds. The Bertz CT molecular complexity index is 569. The van der Waals surface area contributed by atoms with Gasteiger partial charge in [-0.25, -0.2) is 4.99 Å². The molecule has 0 saturated carbocycles. The summed E-state index contributed by atoms with van der Waals surface area (Å²) in [5, 5.41) is 5.46. The van der Waals surface area contributed by atoms with Gasteiger partial charge in [0.1, 0.15) is 18.1 Å². The molecule has 146 valence electrons. The number of carbonyl (C=O) groups is 1. The number of carbonyl (C=O) groups excluding carboxylic acids is 1. The van der Waals surface area contributed by atoms with Crippen molar-refractivity contribution in [2.24, 2.45) is 9.98 Å². The summed E-state index contributed by atoms with van der Waals surface area (Å²) in [4.78, 5) is 20.6. The molecule has 26 heavy (non-hydrogen) atoms. The largest absolute Gasteiger partial charge is 0.421 e. The number of hydrogen-bond donors (Lipinski definition) is 2. The average Bonchev–Trinajstić information content (AvgIpc) is 2.55. The molecule has 0 atom stereocenters. The van der Waals surface area contributed by atoms with Crippen LogP contribution in [0.1, 0.15) is 32.6 Å². The summed E-state index contributed by atoms with van der Waals surface area (Å²) >= 11 is 0. The number of piperidine rings is 1. The van der Waals surface area contributed by atoms with E-state index < -0.39 is 11.7 Å². The van der Waals surface area contributed by atoms with Crippen LogP contribution in [-0.2, 0) is 4.79 Å². The highest BCUT2D eigenvalue weighted by molar-refractivity contribution is 5.99. The molecule has 0 aromatic heterocycles. The van der Waals surface area contributed by atoms with Crippen molar-refractivity contribution < 1.29 is 18.0 Å². The molecule has 1 aliphatic heterocycles. The van der Waals surface area contributed by atoms with Gasteiger partial charge in [0, 0.05) is 38.0 Å². The number of likely N-dealkylation sites (tertiary alicyclic amines) is 1. The van der Waals surface area contributed by atoms with Gasteiger partial charge in [0.25, 0.3) is 0 Å². The molecule has 0 unspecified atom stereocenters. The second kappa shape index (κ2) is 10.6. The molecule has 1 heterocycles. The molecule has 1 aliphatic rings. The topological polar surface area (TPSA) is 69.1 Å². The predicted octanol–water partition coefficient (Wildman–Crippen LogP) is 2.60. The summed E-state index contributed by atoms with van der Waals surface area (Å²) in [5.74, 6) is -0.217. The first kappa shape index (κ1) is 21.7. The van der Waals surface area contributed by atoms with Gasteiger partial charge in [0.05, 0.1) is 0 Å². The Hall–Kier alpha value is -2.32. The van der Waals surface area contributed by atoms with Gasteiger partial charge in [-0.05, 0) is 32.9 Å². The molecule has 0 aromatic rings. The lowest BCUT2D eigenvalue weighted by Crippen LogP contribution is -2.38. The van der Waals surface area contributed by atoms with Crippen LogP contribution in [-0.4, -0.2) is 55.8 Å². The molecule has 0 bridgehead atoms. The molecule has 0 spiro atoms. The van der Waals surface area contributed by atoms with Crippen LogP contribution in [0.2, 0.25) is 0 Å². The lowest BCUT2D eigenvalue weighted by Gasteiger charge is -2.26. The first-order valence-electron chi connectivity index (χ1n) is 8.44. The van der Waals surface area contributed by atoms with E-state index in [0.717, 1.165) is 12.8 Å². The van der Waals surface area contributed by atoms with Crippen LogP contribution >= 0.6 is 0 Å². The van der Waals surface area contributed by atoms with Crippen molar-refractivity contribution in [1.82, 2.24) is 15.5 Å². The molecule has 6 nitrogen and oxygen atoms in total. The smallest absolute Gasteiger partial charge is 0.370 e. The molecular formula is C17H26F3N5O. The number of aliphatic imine (C=N–C) groups is 2. The molecular weight excluding hydrogens is 347 g/mol. The number of hydrogen-bond acceptors (Lipinski definition) is 4. The van der Waals surface area contributed by atoms with Crippen molar-refractivity contribution in [1.29, 1.82) is 0 Å². The Morgan fingerprint density at radius 3 is 2.65 bits per heavy atom. The van der Waals surface area contributed by atoms with Gasteiger partial charge < -0.3 is 15.5 Å². The fourth-order valence-corrected chi connectivity index (χ4v) is 2.42. The Labute approximate surface area is 152 Å². The minimum atomic E-state index is -4.61. The summed E-state index contributed by atoms with van der Waals surface area (Å²) < 4.78 is 39.7. The van der Waals surface area contributed by atoms with E-state index in [1.54, 1.807) is 11.8 Å². The maximum Gasteiger partial charge on any atom is 0.421 e. The molecule has 1 saturated heterocycles. The van der Waals surface area contributed by atoms with Crippen molar-refractivity contribution in [3.63, 3.8) is 0 Å². The highest BCUT2D eigenvalue weighted by Gasteiger charge is 2.37. The number of allylic oxidation sites excluding steroid dienone is 1. The number of amides is 1. The van der Waals surface area contributed by atoms with Crippen molar-refractivity contribution in [3.05, 3.63) is 24.0 Å². The average molecular weight is 373 g/mol. The van der Waals surface area contributed by atoms with E-state index in [4.69, 9.17) is 0 Å². The second-order valence-corrected chi connectivity index (χ2v) is 5.96. The van der Waals surface area contributed by atoms with Crippen LogP contribution in [0.4, 0.5) is 13.2 Å².